The number of carbonyl (C=O) groups is 3. The van der Waals surface area contributed by atoms with E-state index in [-0.39, 0.29) is 32.0 Å². The number of alkyl halides is 1. The summed E-state index contributed by atoms with van der Waals surface area (Å²) < 4.78 is 9.85. The third-order valence-electron chi connectivity index (χ3n) is 4.97. The maximum atomic E-state index is 13.2. The lowest BCUT2D eigenvalue weighted by Gasteiger charge is -2.38. The van der Waals surface area contributed by atoms with Crippen LogP contribution in [0.1, 0.15) is 47.5 Å². The van der Waals surface area contributed by atoms with Crippen LogP contribution in [0.25, 0.3) is 0 Å². The zero-order valence-electron chi connectivity index (χ0n) is 20.8. The fraction of sp³-hybridized carbons (Fsp3) is 0.864. The van der Waals surface area contributed by atoms with Crippen LogP contribution in [0.4, 0.5) is 0 Å². The lowest BCUT2D eigenvalue weighted by molar-refractivity contribution is -0.160. The first-order valence-electron chi connectivity index (χ1n) is 10.7. The summed E-state index contributed by atoms with van der Waals surface area (Å²) in [6.07, 6.45) is 0.350. The second kappa shape index (κ2) is 12.7. The van der Waals surface area contributed by atoms with E-state index in [1.165, 1.54) is 0 Å². The van der Waals surface area contributed by atoms with Crippen LogP contribution in [0.15, 0.2) is 0 Å². The number of esters is 2. The Labute approximate surface area is 196 Å². The normalized spacial score (nSPS) is 15.9. The Hall–Kier alpha value is -1.19. The van der Waals surface area contributed by atoms with E-state index in [2.05, 4.69) is 21.2 Å². The van der Waals surface area contributed by atoms with E-state index in [0.29, 0.717) is 19.6 Å². The van der Waals surface area contributed by atoms with Crippen LogP contribution in [-0.2, 0) is 23.9 Å². The molecular formula is C22H42BrN3O5. The van der Waals surface area contributed by atoms with Crippen LogP contribution in [0, 0.1) is 10.8 Å². The predicted octanol–water partition coefficient (Wildman–Crippen LogP) is 2.30. The molecule has 0 fully saturated rings. The van der Waals surface area contributed by atoms with Crippen LogP contribution in [0.2, 0.25) is 0 Å². The number of hydrogen-bond acceptors (Lipinski definition) is 7. The average molecular weight is 508 g/mol. The van der Waals surface area contributed by atoms with Gasteiger partial charge in [0.15, 0.2) is 0 Å². The van der Waals surface area contributed by atoms with E-state index in [4.69, 9.17) is 9.47 Å². The Morgan fingerprint density at radius 3 is 1.71 bits per heavy atom. The third-order valence-corrected chi connectivity index (χ3v) is 5.57. The van der Waals surface area contributed by atoms with E-state index >= 15 is 0 Å². The molecular weight excluding hydrogens is 466 g/mol. The van der Waals surface area contributed by atoms with Gasteiger partial charge in [0.05, 0.1) is 5.41 Å². The Bertz CT molecular complexity index is 608. The number of likely N-dealkylation sites (N-methyl/N-ethyl adjacent to an activating group) is 2. The zero-order valence-corrected chi connectivity index (χ0v) is 22.3. The lowest BCUT2D eigenvalue weighted by Crippen LogP contribution is -2.47. The fourth-order valence-corrected chi connectivity index (χ4v) is 4.17. The van der Waals surface area contributed by atoms with Gasteiger partial charge in [-0.05, 0) is 61.8 Å². The highest BCUT2D eigenvalue weighted by atomic mass is 79.9. The van der Waals surface area contributed by atoms with E-state index in [0.717, 1.165) is 0 Å². The number of nitrogens with zero attached hydrogens (tertiary/aromatic N) is 2. The molecule has 2 unspecified atom stereocenters. The first-order chi connectivity index (χ1) is 14.1. The fourth-order valence-electron chi connectivity index (χ4n) is 3.43. The molecule has 8 nitrogen and oxygen atoms in total. The molecule has 9 heteroatoms. The molecule has 0 radical (unpaired) electrons. The minimum absolute atomic E-state index is 0.129. The summed E-state index contributed by atoms with van der Waals surface area (Å²) in [5, 5.41) is 2.82. The topological polar surface area (TPSA) is 88.2 Å². The summed E-state index contributed by atoms with van der Waals surface area (Å²) in [6.45, 7) is 11.0. The van der Waals surface area contributed by atoms with Crippen molar-refractivity contribution in [3.63, 3.8) is 0 Å². The smallest absolute Gasteiger partial charge is 0.322 e. The molecule has 31 heavy (non-hydrogen) atoms. The highest BCUT2D eigenvalue weighted by Crippen LogP contribution is 2.44. The third kappa shape index (κ3) is 10.8. The van der Waals surface area contributed by atoms with E-state index < -0.39 is 27.1 Å². The predicted molar refractivity (Wildman–Crippen MR) is 126 cm³/mol. The van der Waals surface area contributed by atoms with E-state index in [1.54, 1.807) is 27.7 Å². The maximum Gasteiger partial charge on any atom is 0.322 e. The molecule has 2 atom stereocenters. The minimum Gasteiger partial charge on any atom is -0.464 e. The van der Waals surface area contributed by atoms with Crippen molar-refractivity contribution in [2.45, 2.75) is 51.8 Å². The number of amides is 1. The number of rotatable bonds is 14. The average Bonchev–Trinajstić information content (AvgIpc) is 2.59. The molecule has 0 aliphatic rings. The van der Waals surface area contributed by atoms with Gasteiger partial charge in [0.2, 0.25) is 5.91 Å². The van der Waals surface area contributed by atoms with Gasteiger partial charge in [-0.25, -0.2) is 0 Å². The summed E-state index contributed by atoms with van der Waals surface area (Å²) in [4.78, 5) is 42.3. The van der Waals surface area contributed by atoms with Gasteiger partial charge >= 0.3 is 11.9 Å². The van der Waals surface area contributed by atoms with E-state index in [1.807, 2.05) is 44.9 Å². The quantitative estimate of drug-likeness (QED) is 0.285. The van der Waals surface area contributed by atoms with Crippen LogP contribution in [0.3, 0.4) is 0 Å². The molecule has 0 saturated carbocycles. The van der Waals surface area contributed by atoms with Gasteiger partial charge in [-0.15, -0.1) is 0 Å². The number of halogens is 1. The van der Waals surface area contributed by atoms with Gasteiger partial charge in [-0.1, -0.05) is 29.8 Å². The molecule has 182 valence electrons. The Balaban J connectivity index is 5.61. The van der Waals surface area contributed by atoms with Crippen molar-refractivity contribution in [1.29, 1.82) is 0 Å². The van der Waals surface area contributed by atoms with Crippen molar-refractivity contribution in [3.8, 4) is 0 Å². The molecule has 0 rings (SSSR count). The SMILES string of the molecule is CCNC(=O)C(C)(C)CC(C)(CC(C)(Br)C(=O)OCCN(C)C)C(=O)OCCN(C)C. The Morgan fingerprint density at radius 1 is 0.839 bits per heavy atom. The second-order valence-electron chi connectivity index (χ2n) is 9.73. The van der Waals surface area contributed by atoms with Crippen molar-refractivity contribution in [3.05, 3.63) is 0 Å². The molecule has 0 saturated heterocycles. The summed E-state index contributed by atoms with van der Waals surface area (Å²) in [6, 6.07) is 0. The molecule has 0 aromatic heterocycles. The van der Waals surface area contributed by atoms with E-state index in [9.17, 15) is 14.4 Å². The molecule has 0 bridgehead atoms. The lowest BCUT2D eigenvalue weighted by atomic mass is 9.69. The summed E-state index contributed by atoms with van der Waals surface area (Å²) >= 11 is 3.48. The van der Waals surface area contributed by atoms with Crippen molar-refractivity contribution < 1.29 is 23.9 Å². The molecule has 0 aliphatic carbocycles. The molecule has 0 aromatic carbocycles. The standard InChI is InChI=1S/C22H42BrN3O5/c1-10-24-17(27)20(2,3)15-21(4,18(28)30-13-11-25(6)7)16-22(5,23)19(29)31-14-12-26(8)9/h10-16H2,1-9H3,(H,24,27). The number of hydrogen-bond donors (Lipinski definition) is 1. The molecule has 0 aliphatic heterocycles. The Kier molecular flexibility index (Phi) is 12.3. The van der Waals surface area contributed by atoms with Gasteiger partial charge in [0.25, 0.3) is 0 Å². The monoisotopic (exact) mass is 507 g/mol. The molecule has 0 aromatic rings. The first kappa shape index (κ1) is 29.8. The van der Waals surface area contributed by atoms with Crippen molar-refractivity contribution >= 4 is 33.8 Å². The van der Waals surface area contributed by atoms with Gasteiger partial charge in [0.1, 0.15) is 17.5 Å². The minimum atomic E-state index is -1.11. The van der Waals surface area contributed by atoms with Crippen molar-refractivity contribution in [1.82, 2.24) is 15.1 Å². The summed E-state index contributed by atoms with van der Waals surface area (Å²) in [5.41, 5.74) is -1.91. The van der Waals surface area contributed by atoms with Gasteiger partial charge in [0, 0.05) is 25.0 Å². The van der Waals surface area contributed by atoms with Gasteiger partial charge < -0.3 is 24.6 Å². The van der Waals surface area contributed by atoms with Crippen molar-refractivity contribution in [2.75, 3.05) is 61.0 Å². The van der Waals surface area contributed by atoms with Gasteiger partial charge in [-0.3, -0.25) is 14.4 Å². The maximum absolute atomic E-state index is 13.2. The van der Waals surface area contributed by atoms with Crippen LogP contribution < -0.4 is 5.32 Å². The van der Waals surface area contributed by atoms with Crippen LogP contribution >= 0.6 is 15.9 Å². The number of nitrogens with one attached hydrogen (secondary N) is 1. The Morgan fingerprint density at radius 2 is 1.29 bits per heavy atom. The van der Waals surface area contributed by atoms with Crippen molar-refractivity contribution in [2.24, 2.45) is 10.8 Å². The zero-order chi connectivity index (χ0) is 24.5. The first-order valence-corrected chi connectivity index (χ1v) is 11.5. The van der Waals surface area contributed by atoms with Gasteiger partial charge in [-0.2, -0.15) is 0 Å². The summed E-state index contributed by atoms with van der Waals surface area (Å²) in [5.74, 6) is -1.02. The van der Waals surface area contributed by atoms with Crippen LogP contribution in [-0.4, -0.2) is 93.0 Å². The summed E-state index contributed by atoms with van der Waals surface area (Å²) in [7, 11) is 7.58. The molecule has 0 spiro atoms. The van der Waals surface area contributed by atoms with Crippen LogP contribution in [0.5, 0.6) is 0 Å². The highest BCUT2D eigenvalue weighted by molar-refractivity contribution is 9.10. The number of ether oxygens (including phenoxy) is 2. The second-order valence-corrected chi connectivity index (χ2v) is 11.5. The highest BCUT2D eigenvalue weighted by Gasteiger charge is 2.49. The molecule has 0 heterocycles. The number of carbonyl (C=O) groups excluding carboxylic acids is 3. The largest absolute Gasteiger partial charge is 0.464 e. The molecule has 1 amide bonds. The molecule has 1 N–H and O–H groups in total.